The molecule has 1 fully saturated rings. The number of amides is 3. The molecule has 29 heavy (non-hydrogen) atoms. The van der Waals surface area contributed by atoms with Gasteiger partial charge < -0.3 is 20.6 Å². The second-order valence-corrected chi connectivity index (χ2v) is 8.30. The molecule has 1 aliphatic heterocycles. The number of rotatable bonds is 10. The van der Waals surface area contributed by atoms with Gasteiger partial charge >= 0.3 is 0 Å². The normalized spacial score (nSPS) is 29.5. The van der Waals surface area contributed by atoms with Crippen LogP contribution in [0.2, 0.25) is 0 Å². The predicted molar refractivity (Wildman–Crippen MR) is 112 cm³/mol. The van der Waals surface area contributed by atoms with Crippen molar-refractivity contribution in [1.29, 1.82) is 0 Å². The molecule has 1 heterocycles. The Morgan fingerprint density at radius 3 is 2.48 bits per heavy atom. The molecule has 2 rings (SSSR count). The largest absolute Gasteiger partial charge is 0.394 e. The van der Waals surface area contributed by atoms with Gasteiger partial charge in [-0.3, -0.25) is 14.4 Å². The molecule has 3 amide bonds. The Bertz CT molecular complexity index is 621. The van der Waals surface area contributed by atoms with Gasteiger partial charge in [-0.05, 0) is 25.7 Å². The van der Waals surface area contributed by atoms with Gasteiger partial charge in [-0.2, -0.15) is 0 Å². The molecule has 7 heteroatoms. The Morgan fingerprint density at radius 1 is 1.17 bits per heavy atom. The highest BCUT2D eigenvalue weighted by Crippen LogP contribution is 2.45. The monoisotopic (exact) mass is 407 g/mol. The van der Waals surface area contributed by atoms with Crippen LogP contribution in [0.1, 0.15) is 52.9 Å². The van der Waals surface area contributed by atoms with Crippen LogP contribution in [0.3, 0.4) is 0 Å². The van der Waals surface area contributed by atoms with Gasteiger partial charge in [0.15, 0.2) is 0 Å². The molecular formula is C22H37N3O4. The van der Waals surface area contributed by atoms with E-state index in [1.54, 1.807) is 14.0 Å². The Hall–Kier alpha value is -1.89. The molecule has 1 aliphatic carbocycles. The van der Waals surface area contributed by atoms with Crippen molar-refractivity contribution in [3.05, 3.63) is 12.2 Å². The molecule has 0 bridgehead atoms. The van der Waals surface area contributed by atoms with Crippen molar-refractivity contribution < 1.29 is 19.5 Å². The minimum atomic E-state index is -0.692. The maximum Gasteiger partial charge on any atom is 0.243 e. The highest BCUT2D eigenvalue weighted by molar-refractivity contribution is 5.97. The average molecular weight is 408 g/mol. The Balaban J connectivity index is 2.36. The number of nitrogens with one attached hydrogen (secondary N) is 2. The fourth-order valence-corrected chi connectivity index (χ4v) is 4.84. The minimum absolute atomic E-state index is 0.0252. The summed E-state index contributed by atoms with van der Waals surface area (Å²) in [6.45, 7) is 6.25. The first-order valence-electron chi connectivity index (χ1n) is 11.0. The lowest BCUT2D eigenvalue weighted by Gasteiger charge is -2.34. The van der Waals surface area contributed by atoms with Crippen LogP contribution in [-0.2, 0) is 14.4 Å². The van der Waals surface area contributed by atoms with E-state index in [1.165, 1.54) is 4.90 Å². The average Bonchev–Trinajstić information content (AvgIpc) is 3.02. The van der Waals surface area contributed by atoms with Crippen LogP contribution in [0.4, 0.5) is 0 Å². The van der Waals surface area contributed by atoms with Crippen LogP contribution >= 0.6 is 0 Å². The lowest BCUT2D eigenvalue weighted by Crippen LogP contribution is -2.51. The van der Waals surface area contributed by atoms with E-state index in [9.17, 15) is 19.5 Å². The first-order chi connectivity index (χ1) is 13.9. The number of hydrogen-bond donors (Lipinski definition) is 3. The molecule has 0 spiro atoms. The summed E-state index contributed by atoms with van der Waals surface area (Å²) in [4.78, 5) is 40.8. The number of aliphatic hydroxyl groups is 1. The Kier molecular flexibility index (Phi) is 8.68. The number of carbonyl (C=O) groups excluding carboxylic acids is 3. The molecule has 7 nitrogen and oxygen atoms in total. The summed E-state index contributed by atoms with van der Waals surface area (Å²) in [6.07, 6.45) is 8.68. The summed E-state index contributed by atoms with van der Waals surface area (Å²) in [6, 6.07) is -1.18. The number of hydrogen-bond acceptors (Lipinski definition) is 4. The highest BCUT2D eigenvalue weighted by Gasteiger charge is 2.57. The predicted octanol–water partition coefficient (Wildman–Crippen LogP) is 1.47. The van der Waals surface area contributed by atoms with Gasteiger partial charge in [0, 0.05) is 19.5 Å². The standard InChI is InChI=1S/C22H37N3O4/c1-5-7-8-12-24-21(28)19-16-11-10-15(9-6-2)17(20(27)23-4)18(16)22(29)25(19)14(3)13-26/h10-11,14-19,26H,5-9,12-13H2,1-4H3,(H,23,27)(H,24,28)/t14-,15-,16+,17-,18-,19+/m1/s1. The summed E-state index contributed by atoms with van der Waals surface area (Å²) in [5.74, 6) is -2.01. The molecule has 0 unspecified atom stereocenters. The summed E-state index contributed by atoms with van der Waals surface area (Å²) < 4.78 is 0. The van der Waals surface area contributed by atoms with Crippen LogP contribution in [0.15, 0.2) is 12.2 Å². The zero-order valence-electron chi connectivity index (χ0n) is 18.2. The van der Waals surface area contributed by atoms with Gasteiger partial charge in [0.2, 0.25) is 17.7 Å². The molecular weight excluding hydrogens is 370 g/mol. The SMILES string of the molecule is CCCCCNC(=O)[C@@H]1[C@H]2C=C[C@@H](CCC)[C@@H](C(=O)NC)[C@@H]2C(=O)N1[C@H](C)CO. The van der Waals surface area contributed by atoms with E-state index in [2.05, 4.69) is 24.5 Å². The molecule has 0 radical (unpaired) electrons. The fraction of sp³-hybridized carbons (Fsp3) is 0.773. The molecule has 2 aliphatic rings. The summed E-state index contributed by atoms with van der Waals surface area (Å²) in [5.41, 5.74) is 0. The second kappa shape index (κ2) is 10.8. The number of aliphatic hydroxyl groups excluding tert-OH is 1. The van der Waals surface area contributed by atoms with Crippen molar-refractivity contribution in [2.75, 3.05) is 20.2 Å². The number of nitrogens with zero attached hydrogens (tertiary/aromatic N) is 1. The van der Waals surface area contributed by atoms with E-state index in [4.69, 9.17) is 0 Å². The van der Waals surface area contributed by atoms with Crippen LogP contribution < -0.4 is 10.6 Å². The Morgan fingerprint density at radius 2 is 1.90 bits per heavy atom. The smallest absolute Gasteiger partial charge is 0.243 e. The van der Waals surface area contributed by atoms with Crippen molar-refractivity contribution in [1.82, 2.24) is 15.5 Å². The van der Waals surface area contributed by atoms with Gasteiger partial charge in [-0.25, -0.2) is 0 Å². The summed E-state index contributed by atoms with van der Waals surface area (Å²) in [5, 5.41) is 15.4. The molecule has 1 saturated heterocycles. The lowest BCUT2D eigenvalue weighted by atomic mass is 9.68. The maximum atomic E-state index is 13.4. The van der Waals surface area contributed by atoms with E-state index in [0.717, 1.165) is 32.1 Å². The van der Waals surface area contributed by atoms with E-state index in [-0.39, 0.29) is 36.2 Å². The first-order valence-corrected chi connectivity index (χ1v) is 11.0. The van der Waals surface area contributed by atoms with Crippen LogP contribution in [0, 0.1) is 23.7 Å². The molecule has 0 aromatic carbocycles. The maximum absolute atomic E-state index is 13.4. The van der Waals surface area contributed by atoms with E-state index < -0.39 is 23.9 Å². The molecule has 0 aromatic rings. The van der Waals surface area contributed by atoms with Gasteiger partial charge in [-0.15, -0.1) is 0 Å². The number of likely N-dealkylation sites (tertiary alicyclic amines) is 1. The van der Waals surface area contributed by atoms with Crippen LogP contribution in [0.5, 0.6) is 0 Å². The topological polar surface area (TPSA) is 98.7 Å². The van der Waals surface area contributed by atoms with Gasteiger partial charge in [0.25, 0.3) is 0 Å². The summed E-state index contributed by atoms with van der Waals surface area (Å²) in [7, 11) is 1.59. The number of unbranched alkanes of at least 4 members (excludes halogenated alkanes) is 2. The zero-order valence-corrected chi connectivity index (χ0v) is 18.2. The van der Waals surface area contributed by atoms with Crippen molar-refractivity contribution in [3.8, 4) is 0 Å². The lowest BCUT2D eigenvalue weighted by molar-refractivity contribution is -0.143. The van der Waals surface area contributed by atoms with Crippen molar-refractivity contribution in [3.63, 3.8) is 0 Å². The van der Waals surface area contributed by atoms with E-state index in [1.807, 2.05) is 12.2 Å². The van der Waals surface area contributed by atoms with Gasteiger partial charge in [0.1, 0.15) is 6.04 Å². The second-order valence-electron chi connectivity index (χ2n) is 8.30. The molecule has 0 aromatic heterocycles. The van der Waals surface area contributed by atoms with E-state index >= 15 is 0 Å². The van der Waals surface area contributed by atoms with Crippen molar-refractivity contribution >= 4 is 17.7 Å². The quantitative estimate of drug-likeness (QED) is 0.377. The fourth-order valence-electron chi connectivity index (χ4n) is 4.84. The van der Waals surface area contributed by atoms with Gasteiger partial charge in [-0.1, -0.05) is 45.3 Å². The van der Waals surface area contributed by atoms with Crippen LogP contribution in [-0.4, -0.2) is 60.0 Å². The van der Waals surface area contributed by atoms with E-state index in [0.29, 0.717) is 6.54 Å². The number of fused-ring (bicyclic) bond motifs is 1. The van der Waals surface area contributed by atoms with Crippen molar-refractivity contribution in [2.24, 2.45) is 23.7 Å². The Labute approximate surface area is 174 Å². The molecule has 3 N–H and O–H groups in total. The van der Waals surface area contributed by atoms with Crippen LogP contribution in [0.25, 0.3) is 0 Å². The molecule has 164 valence electrons. The van der Waals surface area contributed by atoms with Crippen molar-refractivity contribution in [2.45, 2.75) is 65.0 Å². The third-order valence-electron chi connectivity index (χ3n) is 6.31. The summed E-state index contributed by atoms with van der Waals surface area (Å²) >= 11 is 0. The van der Waals surface area contributed by atoms with Gasteiger partial charge in [0.05, 0.1) is 24.5 Å². The molecule has 0 saturated carbocycles. The number of allylic oxidation sites excluding steroid dienone is 1. The first kappa shape index (κ1) is 23.4. The third kappa shape index (κ3) is 4.82. The zero-order chi connectivity index (χ0) is 21.6. The molecule has 6 atom stereocenters. The highest BCUT2D eigenvalue weighted by atomic mass is 16.3. The minimum Gasteiger partial charge on any atom is -0.394 e. The third-order valence-corrected chi connectivity index (χ3v) is 6.31. The number of carbonyl (C=O) groups is 3.